The van der Waals surface area contributed by atoms with Gasteiger partial charge in [0.25, 0.3) is 0 Å². The first-order chi connectivity index (χ1) is 7.96. The van der Waals surface area contributed by atoms with Crippen LogP contribution in [0.2, 0.25) is 0 Å². The molecule has 0 N–H and O–H groups in total. The molecule has 0 amide bonds. The maximum atomic E-state index is 12.4. The Morgan fingerprint density at radius 2 is 1.88 bits per heavy atom. The Labute approximate surface area is 103 Å². The van der Waals surface area contributed by atoms with Gasteiger partial charge < -0.3 is 9.47 Å². The largest absolute Gasteiger partial charge is 0.497 e. The van der Waals surface area contributed by atoms with Crippen molar-refractivity contribution in [3.8, 4) is 11.5 Å². The third-order valence-electron chi connectivity index (χ3n) is 3.15. The van der Waals surface area contributed by atoms with Crippen LogP contribution in [0.15, 0.2) is 18.2 Å². The van der Waals surface area contributed by atoms with Crippen LogP contribution in [-0.4, -0.2) is 20.0 Å². The van der Waals surface area contributed by atoms with Crippen molar-refractivity contribution >= 4 is 5.78 Å². The van der Waals surface area contributed by atoms with Gasteiger partial charge in [0.15, 0.2) is 5.78 Å². The fourth-order valence-electron chi connectivity index (χ4n) is 1.52. The molecule has 0 unspecified atom stereocenters. The van der Waals surface area contributed by atoms with E-state index in [1.807, 2.05) is 20.8 Å². The van der Waals surface area contributed by atoms with E-state index >= 15 is 0 Å². The van der Waals surface area contributed by atoms with Crippen molar-refractivity contribution in [2.45, 2.75) is 27.2 Å². The number of rotatable bonds is 5. The quantitative estimate of drug-likeness (QED) is 0.736. The SMILES string of the molecule is CCC(C)(C)C(=O)c1cc(OC)ccc1OC. The lowest BCUT2D eigenvalue weighted by Crippen LogP contribution is -2.23. The summed E-state index contributed by atoms with van der Waals surface area (Å²) in [6, 6.07) is 5.28. The van der Waals surface area contributed by atoms with Crippen molar-refractivity contribution in [2.75, 3.05) is 14.2 Å². The molecule has 0 aliphatic carbocycles. The summed E-state index contributed by atoms with van der Waals surface area (Å²) in [5.41, 5.74) is 0.193. The van der Waals surface area contributed by atoms with Crippen LogP contribution >= 0.6 is 0 Å². The molecule has 0 bridgehead atoms. The van der Waals surface area contributed by atoms with Gasteiger partial charge in [-0.3, -0.25) is 4.79 Å². The van der Waals surface area contributed by atoms with Crippen molar-refractivity contribution in [2.24, 2.45) is 5.41 Å². The van der Waals surface area contributed by atoms with Gasteiger partial charge in [-0.05, 0) is 24.6 Å². The first-order valence-corrected chi connectivity index (χ1v) is 5.73. The smallest absolute Gasteiger partial charge is 0.172 e. The number of hydrogen-bond acceptors (Lipinski definition) is 3. The van der Waals surface area contributed by atoms with Crippen molar-refractivity contribution in [3.63, 3.8) is 0 Å². The van der Waals surface area contributed by atoms with E-state index in [9.17, 15) is 4.79 Å². The minimum absolute atomic E-state index is 0.0794. The van der Waals surface area contributed by atoms with Crippen molar-refractivity contribution in [1.29, 1.82) is 0 Å². The minimum atomic E-state index is -0.389. The fourth-order valence-corrected chi connectivity index (χ4v) is 1.52. The van der Waals surface area contributed by atoms with Crippen LogP contribution in [0.1, 0.15) is 37.6 Å². The van der Waals surface area contributed by atoms with Crippen LogP contribution in [0.25, 0.3) is 0 Å². The normalized spacial score (nSPS) is 11.1. The highest BCUT2D eigenvalue weighted by Gasteiger charge is 2.29. The first-order valence-electron chi connectivity index (χ1n) is 5.73. The lowest BCUT2D eigenvalue weighted by atomic mass is 9.81. The Kier molecular flexibility index (Phi) is 4.16. The zero-order chi connectivity index (χ0) is 13.1. The lowest BCUT2D eigenvalue weighted by Gasteiger charge is -2.22. The molecule has 0 radical (unpaired) electrons. The second-order valence-corrected chi connectivity index (χ2v) is 4.63. The molecule has 0 fully saturated rings. The van der Waals surface area contributed by atoms with E-state index in [1.54, 1.807) is 32.4 Å². The molecule has 0 heterocycles. The molecule has 3 heteroatoms. The standard InChI is InChI=1S/C14H20O3/c1-6-14(2,3)13(15)11-9-10(16-4)7-8-12(11)17-5/h7-9H,6H2,1-5H3. The van der Waals surface area contributed by atoms with Crippen LogP contribution in [0.5, 0.6) is 11.5 Å². The topological polar surface area (TPSA) is 35.5 Å². The molecule has 0 spiro atoms. The summed E-state index contributed by atoms with van der Waals surface area (Å²) < 4.78 is 10.4. The Morgan fingerprint density at radius 3 is 2.35 bits per heavy atom. The van der Waals surface area contributed by atoms with Gasteiger partial charge in [-0.1, -0.05) is 20.8 Å². The van der Waals surface area contributed by atoms with Crippen LogP contribution in [0, 0.1) is 5.41 Å². The molecule has 1 aromatic carbocycles. The summed E-state index contributed by atoms with van der Waals surface area (Å²) in [4.78, 5) is 12.4. The lowest BCUT2D eigenvalue weighted by molar-refractivity contribution is 0.0829. The predicted molar refractivity (Wildman–Crippen MR) is 67.9 cm³/mol. The van der Waals surface area contributed by atoms with Crippen molar-refractivity contribution < 1.29 is 14.3 Å². The monoisotopic (exact) mass is 236 g/mol. The summed E-state index contributed by atoms with van der Waals surface area (Å²) in [6.07, 6.45) is 0.784. The number of benzene rings is 1. The van der Waals surface area contributed by atoms with Crippen LogP contribution in [-0.2, 0) is 0 Å². The van der Waals surface area contributed by atoms with E-state index in [1.165, 1.54) is 0 Å². The molecule has 0 aliphatic rings. The molecular formula is C14H20O3. The van der Waals surface area contributed by atoms with Crippen LogP contribution in [0.4, 0.5) is 0 Å². The Hall–Kier alpha value is -1.51. The summed E-state index contributed by atoms with van der Waals surface area (Å²) >= 11 is 0. The third-order valence-corrected chi connectivity index (χ3v) is 3.15. The van der Waals surface area contributed by atoms with E-state index < -0.39 is 0 Å². The summed E-state index contributed by atoms with van der Waals surface area (Å²) in [5.74, 6) is 1.34. The molecule has 0 saturated heterocycles. The zero-order valence-electron chi connectivity index (χ0n) is 11.2. The first kappa shape index (κ1) is 13.6. The van der Waals surface area contributed by atoms with Gasteiger partial charge in [-0.2, -0.15) is 0 Å². The molecule has 0 aromatic heterocycles. The minimum Gasteiger partial charge on any atom is -0.497 e. The number of carbonyl (C=O) groups excluding carboxylic acids is 1. The molecular weight excluding hydrogens is 216 g/mol. The van der Waals surface area contributed by atoms with Gasteiger partial charge in [0, 0.05) is 5.41 Å². The number of methoxy groups -OCH3 is 2. The highest BCUT2D eigenvalue weighted by atomic mass is 16.5. The number of ketones is 1. The van der Waals surface area contributed by atoms with Gasteiger partial charge in [-0.25, -0.2) is 0 Å². The molecule has 94 valence electrons. The summed E-state index contributed by atoms with van der Waals surface area (Å²) in [6.45, 7) is 5.88. The molecule has 3 nitrogen and oxygen atoms in total. The van der Waals surface area contributed by atoms with E-state index in [0.717, 1.165) is 6.42 Å². The molecule has 0 saturated carbocycles. The number of hydrogen-bond donors (Lipinski definition) is 0. The van der Waals surface area contributed by atoms with Crippen LogP contribution < -0.4 is 9.47 Å². The molecule has 0 aliphatic heterocycles. The maximum Gasteiger partial charge on any atom is 0.172 e. The van der Waals surface area contributed by atoms with Gasteiger partial charge in [0.1, 0.15) is 11.5 Å². The third kappa shape index (κ3) is 2.78. The molecule has 1 rings (SSSR count). The summed E-state index contributed by atoms with van der Waals surface area (Å²) in [7, 11) is 3.15. The van der Waals surface area contributed by atoms with E-state index in [2.05, 4.69) is 0 Å². The Balaban J connectivity index is 3.23. The van der Waals surface area contributed by atoms with Crippen molar-refractivity contribution in [1.82, 2.24) is 0 Å². The van der Waals surface area contributed by atoms with E-state index in [0.29, 0.717) is 17.1 Å². The Bertz CT molecular complexity index is 408. The van der Waals surface area contributed by atoms with Gasteiger partial charge >= 0.3 is 0 Å². The highest BCUT2D eigenvalue weighted by Crippen LogP contribution is 2.32. The molecule has 0 atom stereocenters. The average Bonchev–Trinajstić information content (AvgIpc) is 2.36. The average molecular weight is 236 g/mol. The highest BCUT2D eigenvalue weighted by molar-refractivity contribution is 6.02. The van der Waals surface area contributed by atoms with Gasteiger partial charge in [-0.15, -0.1) is 0 Å². The fraction of sp³-hybridized carbons (Fsp3) is 0.500. The second kappa shape index (κ2) is 5.21. The van der Waals surface area contributed by atoms with Gasteiger partial charge in [0.05, 0.1) is 19.8 Å². The van der Waals surface area contributed by atoms with E-state index in [-0.39, 0.29) is 11.2 Å². The number of ether oxygens (including phenoxy) is 2. The second-order valence-electron chi connectivity index (χ2n) is 4.63. The molecule has 1 aromatic rings. The maximum absolute atomic E-state index is 12.4. The Morgan fingerprint density at radius 1 is 1.24 bits per heavy atom. The predicted octanol–water partition coefficient (Wildman–Crippen LogP) is 3.32. The van der Waals surface area contributed by atoms with Gasteiger partial charge in [0.2, 0.25) is 0 Å². The number of carbonyl (C=O) groups is 1. The van der Waals surface area contributed by atoms with Crippen LogP contribution in [0.3, 0.4) is 0 Å². The van der Waals surface area contributed by atoms with E-state index in [4.69, 9.17) is 9.47 Å². The molecule has 17 heavy (non-hydrogen) atoms. The van der Waals surface area contributed by atoms with Crippen molar-refractivity contribution in [3.05, 3.63) is 23.8 Å². The number of Topliss-reactive ketones (excluding diaryl/α,β-unsaturated/α-hetero) is 1. The zero-order valence-corrected chi connectivity index (χ0v) is 11.2. The summed E-state index contributed by atoms with van der Waals surface area (Å²) in [5, 5.41) is 0.